The number of hydrogen-bond donors (Lipinski definition) is 2. The van der Waals surface area contributed by atoms with Gasteiger partial charge < -0.3 is 15.2 Å². The molecule has 1 aliphatic heterocycles. The molecule has 2 amide bonds. The first kappa shape index (κ1) is 20.4. The van der Waals surface area contributed by atoms with Gasteiger partial charge in [0.05, 0.1) is 13.2 Å². The first-order valence-corrected chi connectivity index (χ1v) is 9.97. The second kappa shape index (κ2) is 9.28. The Kier molecular flexibility index (Phi) is 6.10. The third-order valence-electron chi connectivity index (χ3n) is 4.91. The number of rotatable bonds is 8. The topological polar surface area (TPSA) is 78.9 Å². The molecule has 0 aromatic heterocycles. The molecule has 156 valence electrons. The van der Waals surface area contributed by atoms with Crippen molar-refractivity contribution >= 4 is 17.5 Å². The molecule has 0 atom stereocenters. The Balaban J connectivity index is 1.42. The Labute approximate surface area is 180 Å². The summed E-state index contributed by atoms with van der Waals surface area (Å²) in [4.78, 5) is 25.1. The molecule has 4 rings (SSSR count). The minimum Gasteiger partial charge on any atom is -0.489 e. The number of aliphatic hydroxyl groups excluding tert-OH is 1. The average Bonchev–Trinajstić information content (AvgIpc) is 3.07. The molecule has 3 aromatic rings. The molecule has 6 nitrogen and oxygen atoms in total. The molecule has 0 bridgehead atoms. The number of benzene rings is 3. The van der Waals surface area contributed by atoms with E-state index in [0.717, 1.165) is 27.3 Å². The molecule has 1 heterocycles. The van der Waals surface area contributed by atoms with Crippen LogP contribution in [0, 0.1) is 0 Å². The summed E-state index contributed by atoms with van der Waals surface area (Å²) < 4.78 is 5.91. The summed E-state index contributed by atoms with van der Waals surface area (Å²) in [6, 6.07) is 25.4. The summed E-state index contributed by atoms with van der Waals surface area (Å²) in [6.45, 7) is 0.227. The third kappa shape index (κ3) is 4.82. The molecular weight excluding hydrogens is 392 g/mol. The Morgan fingerprint density at radius 1 is 0.871 bits per heavy atom. The zero-order chi connectivity index (χ0) is 21.6. The van der Waals surface area contributed by atoms with Crippen LogP contribution in [0.25, 0.3) is 11.1 Å². The van der Waals surface area contributed by atoms with E-state index in [9.17, 15) is 9.59 Å². The van der Waals surface area contributed by atoms with Gasteiger partial charge in [-0.1, -0.05) is 54.6 Å². The standard InChI is InChI=1S/C25H22N2O4/c28-14-13-27-24(29)16-23(25(27)30)26-21-11-9-19(10-12-21)20-7-4-8-22(15-20)31-17-18-5-2-1-3-6-18/h1-12,15-16,26,28H,13-14,17H2. The maximum atomic E-state index is 12.2. The van der Waals surface area contributed by atoms with Gasteiger partial charge in [-0.3, -0.25) is 14.5 Å². The lowest BCUT2D eigenvalue weighted by atomic mass is 10.1. The summed E-state index contributed by atoms with van der Waals surface area (Å²) in [5, 5.41) is 12.0. The quantitative estimate of drug-likeness (QED) is 0.551. The van der Waals surface area contributed by atoms with Gasteiger partial charge in [-0.05, 0) is 41.0 Å². The van der Waals surface area contributed by atoms with Crippen LogP contribution in [0.2, 0.25) is 0 Å². The van der Waals surface area contributed by atoms with Crippen LogP contribution < -0.4 is 10.1 Å². The fourth-order valence-corrected chi connectivity index (χ4v) is 3.32. The maximum Gasteiger partial charge on any atom is 0.277 e. The average molecular weight is 414 g/mol. The monoisotopic (exact) mass is 414 g/mol. The van der Waals surface area contributed by atoms with E-state index >= 15 is 0 Å². The van der Waals surface area contributed by atoms with Gasteiger partial charge in [-0.15, -0.1) is 0 Å². The molecule has 6 heteroatoms. The van der Waals surface area contributed by atoms with Crippen molar-refractivity contribution < 1.29 is 19.4 Å². The van der Waals surface area contributed by atoms with Crippen LogP contribution in [-0.2, 0) is 16.2 Å². The maximum absolute atomic E-state index is 12.2. The lowest BCUT2D eigenvalue weighted by Crippen LogP contribution is -2.34. The van der Waals surface area contributed by atoms with Crippen molar-refractivity contribution in [3.05, 3.63) is 96.2 Å². The molecule has 0 fully saturated rings. The van der Waals surface area contributed by atoms with E-state index in [-0.39, 0.29) is 18.8 Å². The SMILES string of the molecule is O=C1C=C(Nc2ccc(-c3cccc(OCc4ccccc4)c3)cc2)C(=O)N1CCO. The number of anilines is 1. The number of nitrogens with one attached hydrogen (secondary N) is 1. The van der Waals surface area contributed by atoms with Gasteiger partial charge in [0.2, 0.25) is 0 Å². The van der Waals surface area contributed by atoms with Crippen molar-refractivity contribution in [3.63, 3.8) is 0 Å². The molecule has 2 N–H and O–H groups in total. The van der Waals surface area contributed by atoms with E-state index in [2.05, 4.69) is 5.32 Å². The van der Waals surface area contributed by atoms with Crippen molar-refractivity contribution in [2.45, 2.75) is 6.61 Å². The van der Waals surface area contributed by atoms with Gasteiger partial charge >= 0.3 is 0 Å². The number of carbonyl (C=O) groups excluding carboxylic acids is 2. The summed E-state index contributed by atoms with van der Waals surface area (Å²) in [5.41, 5.74) is 4.01. The number of aliphatic hydroxyl groups is 1. The van der Waals surface area contributed by atoms with Crippen LogP contribution in [0.4, 0.5) is 5.69 Å². The van der Waals surface area contributed by atoms with Crippen molar-refractivity contribution in [1.82, 2.24) is 4.90 Å². The largest absolute Gasteiger partial charge is 0.489 e. The molecular formula is C25H22N2O4. The van der Waals surface area contributed by atoms with Gasteiger partial charge in [-0.25, -0.2) is 0 Å². The first-order valence-electron chi connectivity index (χ1n) is 9.97. The highest BCUT2D eigenvalue weighted by Crippen LogP contribution is 2.26. The van der Waals surface area contributed by atoms with Gasteiger partial charge in [0.25, 0.3) is 11.8 Å². The van der Waals surface area contributed by atoms with Crippen LogP contribution in [0.15, 0.2) is 90.6 Å². The fourth-order valence-electron chi connectivity index (χ4n) is 3.32. The highest BCUT2D eigenvalue weighted by molar-refractivity contribution is 6.17. The van der Waals surface area contributed by atoms with Gasteiger partial charge in [0, 0.05) is 11.8 Å². The predicted octanol–water partition coefficient (Wildman–Crippen LogP) is 3.59. The van der Waals surface area contributed by atoms with Crippen molar-refractivity contribution in [3.8, 4) is 16.9 Å². The Bertz CT molecular complexity index is 1110. The van der Waals surface area contributed by atoms with Crippen LogP contribution in [0.5, 0.6) is 5.75 Å². The molecule has 0 unspecified atom stereocenters. The van der Waals surface area contributed by atoms with Crippen molar-refractivity contribution in [1.29, 1.82) is 0 Å². The van der Waals surface area contributed by atoms with Crippen molar-refractivity contribution in [2.24, 2.45) is 0 Å². The number of ether oxygens (including phenoxy) is 1. The second-order valence-electron chi connectivity index (χ2n) is 7.08. The number of amides is 2. The minimum absolute atomic E-state index is 0.0129. The summed E-state index contributed by atoms with van der Waals surface area (Å²) >= 11 is 0. The van der Waals surface area contributed by atoms with E-state index in [1.165, 1.54) is 6.08 Å². The van der Waals surface area contributed by atoms with E-state index < -0.39 is 11.8 Å². The number of β-amino-alcohol motifs (C(OH)–C–C–N with tert-alkyl or cyclic N) is 1. The normalized spacial score (nSPS) is 13.3. The zero-order valence-electron chi connectivity index (χ0n) is 16.8. The van der Waals surface area contributed by atoms with Crippen LogP contribution in [0.3, 0.4) is 0 Å². The van der Waals surface area contributed by atoms with Crippen LogP contribution in [-0.4, -0.2) is 35.0 Å². The lowest BCUT2D eigenvalue weighted by molar-refractivity contribution is -0.137. The first-order chi connectivity index (χ1) is 15.1. The minimum atomic E-state index is -0.439. The smallest absolute Gasteiger partial charge is 0.277 e. The van der Waals surface area contributed by atoms with Crippen molar-refractivity contribution in [2.75, 3.05) is 18.5 Å². The van der Waals surface area contributed by atoms with Crippen LogP contribution >= 0.6 is 0 Å². The fraction of sp³-hybridized carbons (Fsp3) is 0.120. The Morgan fingerprint density at radius 2 is 1.65 bits per heavy atom. The number of carbonyl (C=O) groups is 2. The molecule has 0 saturated heterocycles. The summed E-state index contributed by atoms with van der Waals surface area (Å²) in [5.74, 6) is -0.0790. The number of nitrogens with zero attached hydrogens (tertiary/aromatic N) is 1. The molecule has 0 aliphatic carbocycles. The van der Waals surface area contributed by atoms with E-state index in [1.807, 2.05) is 78.9 Å². The van der Waals surface area contributed by atoms with E-state index in [0.29, 0.717) is 12.3 Å². The molecule has 3 aromatic carbocycles. The summed E-state index contributed by atoms with van der Waals surface area (Å²) in [7, 11) is 0. The van der Waals surface area contributed by atoms with Crippen LogP contribution in [0.1, 0.15) is 5.56 Å². The number of imide groups is 1. The molecule has 31 heavy (non-hydrogen) atoms. The Hall–Kier alpha value is -3.90. The Morgan fingerprint density at radius 3 is 2.39 bits per heavy atom. The van der Waals surface area contributed by atoms with E-state index in [4.69, 9.17) is 9.84 Å². The van der Waals surface area contributed by atoms with E-state index in [1.54, 1.807) is 0 Å². The molecule has 1 aliphatic rings. The van der Waals surface area contributed by atoms with Gasteiger partial charge in [0.1, 0.15) is 18.1 Å². The highest BCUT2D eigenvalue weighted by Gasteiger charge is 2.30. The molecule has 0 radical (unpaired) electrons. The highest BCUT2D eigenvalue weighted by atomic mass is 16.5. The zero-order valence-corrected chi connectivity index (χ0v) is 16.8. The predicted molar refractivity (Wildman–Crippen MR) is 118 cm³/mol. The second-order valence-corrected chi connectivity index (χ2v) is 7.08. The third-order valence-corrected chi connectivity index (χ3v) is 4.91. The lowest BCUT2D eigenvalue weighted by Gasteiger charge is -2.13. The number of hydrogen-bond acceptors (Lipinski definition) is 5. The summed E-state index contributed by atoms with van der Waals surface area (Å²) in [6.07, 6.45) is 1.25. The van der Waals surface area contributed by atoms with Gasteiger partial charge in [0.15, 0.2) is 0 Å². The molecule has 0 spiro atoms. The molecule has 0 saturated carbocycles. The van der Waals surface area contributed by atoms with Gasteiger partial charge in [-0.2, -0.15) is 0 Å².